The highest BCUT2D eigenvalue weighted by Gasteiger charge is 2.13. The monoisotopic (exact) mass is 218 g/mol. The second kappa shape index (κ2) is 4.32. The van der Waals surface area contributed by atoms with Crippen LogP contribution in [0, 0.1) is 6.92 Å². The van der Waals surface area contributed by atoms with Crippen LogP contribution >= 0.6 is 0 Å². The molecule has 5 nitrogen and oxygen atoms in total. The molecule has 16 heavy (non-hydrogen) atoms. The van der Waals surface area contributed by atoms with Crippen molar-refractivity contribution < 1.29 is 4.74 Å². The van der Waals surface area contributed by atoms with Crippen molar-refractivity contribution in [1.82, 2.24) is 15.2 Å². The Labute approximate surface area is 93.7 Å². The van der Waals surface area contributed by atoms with Crippen LogP contribution in [0.2, 0.25) is 0 Å². The van der Waals surface area contributed by atoms with E-state index in [4.69, 9.17) is 10.5 Å². The van der Waals surface area contributed by atoms with E-state index in [2.05, 4.69) is 15.2 Å². The van der Waals surface area contributed by atoms with Crippen LogP contribution in [0.3, 0.4) is 0 Å². The lowest BCUT2D eigenvalue weighted by atomic mass is 10.1. The molecule has 1 atom stereocenters. The Hall–Kier alpha value is -1.88. The number of methoxy groups -OCH3 is 1. The van der Waals surface area contributed by atoms with E-state index in [1.807, 2.05) is 31.2 Å². The van der Waals surface area contributed by atoms with Crippen LogP contribution < -0.4 is 10.5 Å². The van der Waals surface area contributed by atoms with Crippen LogP contribution in [0.25, 0.3) is 0 Å². The van der Waals surface area contributed by atoms with E-state index in [1.165, 1.54) is 0 Å². The zero-order chi connectivity index (χ0) is 11.5. The number of hydrogen-bond acceptors (Lipinski definition) is 4. The van der Waals surface area contributed by atoms with Gasteiger partial charge in [-0.3, -0.25) is 5.10 Å². The van der Waals surface area contributed by atoms with Gasteiger partial charge in [-0.1, -0.05) is 12.1 Å². The van der Waals surface area contributed by atoms with Crippen molar-refractivity contribution in [1.29, 1.82) is 0 Å². The average Bonchev–Trinajstić information content (AvgIpc) is 2.75. The number of aromatic amines is 1. The minimum Gasteiger partial charge on any atom is -0.497 e. The lowest BCUT2D eigenvalue weighted by molar-refractivity contribution is 0.414. The lowest BCUT2D eigenvalue weighted by Crippen LogP contribution is -2.13. The topological polar surface area (TPSA) is 76.8 Å². The van der Waals surface area contributed by atoms with Gasteiger partial charge in [0.05, 0.1) is 13.2 Å². The molecule has 1 aromatic heterocycles. The van der Waals surface area contributed by atoms with E-state index in [9.17, 15) is 0 Å². The molecule has 0 unspecified atom stereocenters. The smallest absolute Gasteiger partial charge is 0.171 e. The number of hydrogen-bond donors (Lipinski definition) is 2. The van der Waals surface area contributed by atoms with Crippen LogP contribution in [-0.2, 0) is 0 Å². The van der Waals surface area contributed by atoms with E-state index in [0.29, 0.717) is 5.82 Å². The first-order chi connectivity index (χ1) is 7.70. The van der Waals surface area contributed by atoms with Crippen molar-refractivity contribution in [3.8, 4) is 5.75 Å². The molecule has 3 N–H and O–H groups in total. The summed E-state index contributed by atoms with van der Waals surface area (Å²) in [6.45, 7) is 1.84. The van der Waals surface area contributed by atoms with Crippen LogP contribution in [0.15, 0.2) is 24.3 Å². The molecule has 0 bridgehead atoms. The van der Waals surface area contributed by atoms with Gasteiger partial charge in [0.25, 0.3) is 0 Å². The SMILES string of the molecule is COc1cccc([C@@H](N)c2n[nH]c(C)n2)c1. The Balaban J connectivity index is 2.29. The molecule has 0 amide bonds. The van der Waals surface area contributed by atoms with Crippen molar-refractivity contribution in [3.63, 3.8) is 0 Å². The molecule has 0 fully saturated rings. The van der Waals surface area contributed by atoms with Gasteiger partial charge in [-0.2, -0.15) is 5.10 Å². The highest BCUT2D eigenvalue weighted by Crippen LogP contribution is 2.20. The third-order valence-corrected chi connectivity index (χ3v) is 2.35. The minimum atomic E-state index is -0.333. The van der Waals surface area contributed by atoms with E-state index in [1.54, 1.807) is 7.11 Å². The van der Waals surface area contributed by atoms with E-state index >= 15 is 0 Å². The number of nitrogens with one attached hydrogen (secondary N) is 1. The highest BCUT2D eigenvalue weighted by molar-refractivity contribution is 5.32. The number of aromatic nitrogens is 3. The number of aryl methyl sites for hydroxylation is 1. The van der Waals surface area contributed by atoms with Gasteiger partial charge in [-0.15, -0.1) is 0 Å². The predicted octanol–water partition coefficient (Wildman–Crippen LogP) is 1.17. The van der Waals surface area contributed by atoms with Gasteiger partial charge in [0.2, 0.25) is 0 Å². The summed E-state index contributed by atoms with van der Waals surface area (Å²) in [4.78, 5) is 4.21. The quantitative estimate of drug-likeness (QED) is 0.810. The van der Waals surface area contributed by atoms with E-state index < -0.39 is 0 Å². The van der Waals surface area contributed by atoms with E-state index in [-0.39, 0.29) is 6.04 Å². The predicted molar refractivity (Wildman–Crippen MR) is 60.1 cm³/mol. The van der Waals surface area contributed by atoms with Crippen LogP contribution in [0.1, 0.15) is 23.3 Å². The molecule has 1 heterocycles. The fourth-order valence-corrected chi connectivity index (χ4v) is 1.48. The first-order valence-electron chi connectivity index (χ1n) is 4.99. The molecule has 0 spiro atoms. The Kier molecular flexibility index (Phi) is 2.87. The lowest BCUT2D eigenvalue weighted by Gasteiger charge is -2.09. The zero-order valence-corrected chi connectivity index (χ0v) is 9.27. The Morgan fingerprint density at radius 2 is 2.25 bits per heavy atom. The fourth-order valence-electron chi connectivity index (χ4n) is 1.48. The van der Waals surface area contributed by atoms with Crippen molar-refractivity contribution in [2.75, 3.05) is 7.11 Å². The van der Waals surface area contributed by atoms with Gasteiger partial charge in [0, 0.05) is 0 Å². The Morgan fingerprint density at radius 3 is 2.88 bits per heavy atom. The molecule has 0 saturated carbocycles. The van der Waals surface area contributed by atoms with Gasteiger partial charge in [0.15, 0.2) is 5.82 Å². The molecule has 1 aromatic carbocycles. The molecule has 2 rings (SSSR count). The maximum Gasteiger partial charge on any atom is 0.171 e. The summed E-state index contributed by atoms with van der Waals surface area (Å²) in [7, 11) is 1.63. The summed E-state index contributed by atoms with van der Waals surface area (Å²) in [5, 5.41) is 6.82. The van der Waals surface area contributed by atoms with Crippen LogP contribution in [-0.4, -0.2) is 22.3 Å². The minimum absolute atomic E-state index is 0.333. The summed E-state index contributed by atoms with van der Waals surface area (Å²) in [5.41, 5.74) is 6.98. The summed E-state index contributed by atoms with van der Waals surface area (Å²) in [6.07, 6.45) is 0. The van der Waals surface area contributed by atoms with Gasteiger partial charge in [-0.05, 0) is 24.6 Å². The molecule has 0 saturated heterocycles. The molecule has 0 aliphatic carbocycles. The molecular formula is C11H14N4O. The number of nitrogens with zero attached hydrogens (tertiary/aromatic N) is 2. The molecule has 0 aliphatic rings. The Morgan fingerprint density at radius 1 is 1.44 bits per heavy atom. The highest BCUT2D eigenvalue weighted by atomic mass is 16.5. The normalized spacial score (nSPS) is 12.4. The second-order valence-electron chi connectivity index (χ2n) is 3.53. The largest absolute Gasteiger partial charge is 0.497 e. The number of H-pyrrole nitrogens is 1. The second-order valence-corrected chi connectivity index (χ2v) is 3.53. The number of benzene rings is 1. The van der Waals surface area contributed by atoms with Crippen LogP contribution in [0.5, 0.6) is 5.75 Å². The maximum atomic E-state index is 6.05. The molecule has 2 aromatic rings. The third kappa shape index (κ3) is 2.04. The average molecular weight is 218 g/mol. The first kappa shape index (κ1) is 10.6. The van der Waals surface area contributed by atoms with Crippen molar-refractivity contribution in [2.24, 2.45) is 5.73 Å². The summed E-state index contributed by atoms with van der Waals surface area (Å²) < 4.78 is 5.14. The molecule has 0 radical (unpaired) electrons. The standard InChI is InChI=1S/C11H14N4O/c1-7-13-11(15-14-7)10(12)8-4-3-5-9(6-8)16-2/h3-6,10H,12H2,1-2H3,(H,13,14,15)/t10-/m1/s1. The van der Waals surface area contributed by atoms with Crippen molar-refractivity contribution >= 4 is 0 Å². The van der Waals surface area contributed by atoms with Gasteiger partial charge < -0.3 is 10.5 Å². The number of rotatable bonds is 3. The Bertz CT molecular complexity index is 480. The molecule has 5 heteroatoms. The van der Waals surface area contributed by atoms with Crippen molar-refractivity contribution in [3.05, 3.63) is 41.5 Å². The molecular weight excluding hydrogens is 204 g/mol. The van der Waals surface area contributed by atoms with Gasteiger partial charge in [-0.25, -0.2) is 4.98 Å². The molecule has 84 valence electrons. The molecule has 0 aliphatic heterocycles. The van der Waals surface area contributed by atoms with Crippen LogP contribution in [0.4, 0.5) is 0 Å². The number of ether oxygens (including phenoxy) is 1. The third-order valence-electron chi connectivity index (χ3n) is 2.35. The zero-order valence-electron chi connectivity index (χ0n) is 9.27. The summed E-state index contributed by atoms with van der Waals surface area (Å²) >= 11 is 0. The number of nitrogens with two attached hydrogens (primary N) is 1. The summed E-state index contributed by atoms with van der Waals surface area (Å²) in [5.74, 6) is 2.12. The fraction of sp³-hybridized carbons (Fsp3) is 0.273. The van der Waals surface area contributed by atoms with Gasteiger partial charge in [0.1, 0.15) is 11.6 Å². The van der Waals surface area contributed by atoms with E-state index in [0.717, 1.165) is 17.1 Å². The maximum absolute atomic E-state index is 6.05. The van der Waals surface area contributed by atoms with Crippen molar-refractivity contribution in [2.45, 2.75) is 13.0 Å². The summed E-state index contributed by atoms with van der Waals surface area (Å²) in [6, 6.07) is 7.25. The first-order valence-corrected chi connectivity index (χ1v) is 4.99. The van der Waals surface area contributed by atoms with Gasteiger partial charge >= 0.3 is 0 Å².